The zero-order valence-electron chi connectivity index (χ0n) is 10.4. The van der Waals surface area contributed by atoms with Gasteiger partial charge in [0.25, 0.3) is 0 Å². The van der Waals surface area contributed by atoms with E-state index in [-0.39, 0.29) is 12.2 Å². The van der Waals surface area contributed by atoms with Crippen LogP contribution in [0.4, 0.5) is 11.5 Å². The number of morpholine rings is 1. The minimum atomic E-state index is 0.166. The Bertz CT molecular complexity index is 389. The highest BCUT2D eigenvalue weighted by Crippen LogP contribution is 2.29. The standard InChI is InChI=1S/C11H18N4O2/c1-7-4-15(5-8(2)17-7)10-9(12)11(16-3)14-6-13-10/h6-8H,4-5,12H2,1-3H3/t7-,8+. The van der Waals surface area contributed by atoms with Gasteiger partial charge in [0.2, 0.25) is 5.88 Å². The van der Waals surface area contributed by atoms with E-state index in [2.05, 4.69) is 14.9 Å². The van der Waals surface area contributed by atoms with E-state index in [1.165, 1.54) is 6.33 Å². The van der Waals surface area contributed by atoms with Crippen LogP contribution in [0.3, 0.4) is 0 Å². The van der Waals surface area contributed by atoms with E-state index in [0.29, 0.717) is 11.6 Å². The summed E-state index contributed by atoms with van der Waals surface area (Å²) in [4.78, 5) is 10.3. The number of nitrogens with two attached hydrogens (primary N) is 1. The molecule has 17 heavy (non-hydrogen) atoms. The lowest BCUT2D eigenvalue weighted by Gasteiger charge is -2.36. The monoisotopic (exact) mass is 238 g/mol. The fourth-order valence-electron chi connectivity index (χ4n) is 2.14. The molecule has 2 rings (SSSR count). The molecule has 6 heteroatoms. The molecule has 0 amide bonds. The highest BCUT2D eigenvalue weighted by Gasteiger charge is 2.25. The maximum atomic E-state index is 5.98. The van der Waals surface area contributed by atoms with Crippen LogP contribution < -0.4 is 15.4 Å². The smallest absolute Gasteiger partial charge is 0.242 e. The minimum absolute atomic E-state index is 0.166. The largest absolute Gasteiger partial charge is 0.479 e. The van der Waals surface area contributed by atoms with Gasteiger partial charge in [-0.05, 0) is 13.8 Å². The Morgan fingerprint density at radius 3 is 2.59 bits per heavy atom. The molecule has 1 aromatic rings. The van der Waals surface area contributed by atoms with Crippen LogP contribution in [0, 0.1) is 0 Å². The van der Waals surface area contributed by atoms with Gasteiger partial charge in [0.1, 0.15) is 12.0 Å². The van der Waals surface area contributed by atoms with Gasteiger partial charge in [-0.1, -0.05) is 0 Å². The summed E-state index contributed by atoms with van der Waals surface area (Å²) >= 11 is 0. The van der Waals surface area contributed by atoms with Crippen molar-refractivity contribution in [2.75, 3.05) is 30.8 Å². The van der Waals surface area contributed by atoms with E-state index < -0.39 is 0 Å². The fourth-order valence-corrected chi connectivity index (χ4v) is 2.14. The second kappa shape index (κ2) is 4.75. The van der Waals surface area contributed by atoms with Crippen LogP contribution >= 0.6 is 0 Å². The zero-order valence-corrected chi connectivity index (χ0v) is 10.4. The van der Waals surface area contributed by atoms with Crippen LogP contribution in [0.2, 0.25) is 0 Å². The molecule has 1 aromatic heterocycles. The van der Waals surface area contributed by atoms with Gasteiger partial charge in [-0.15, -0.1) is 0 Å². The number of methoxy groups -OCH3 is 1. The Kier molecular flexibility index (Phi) is 3.33. The van der Waals surface area contributed by atoms with Gasteiger partial charge in [0.15, 0.2) is 5.82 Å². The van der Waals surface area contributed by atoms with Crippen molar-refractivity contribution in [1.82, 2.24) is 9.97 Å². The topological polar surface area (TPSA) is 73.5 Å². The van der Waals surface area contributed by atoms with E-state index in [0.717, 1.165) is 18.9 Å². The van der Waals surface area contributed by atoms with E-state index in [1.54, 1.807) is 7.11 Å². The molecule has 0 saturated carbocycles. The number of anilines is 2. The highest BCUT2D eigenvalue weighted by molar-refractivity contribution is 5.67. The first-order chi connectivity index (χ1) is 8.11. The molecule has 2 N–H and O–H groups in total. The summed E-state index contributed by atoms with van der Waals surface area (Å²) < 4.78 is 10.8. The summed E-state index contributed by atoms with van der Waals surface area (Å²) in [5.74, 6) is 1.14. The van der Waals surface area contributed by atoms with Crippen LogP contribution in [0.1, 0.15) is 13.8 Å². The van der Waals surface area contributed by atoms with E-state index >= 15 is 0 Å². The summed E-state index contributed by atoms with van der Waals surface area (Å²) in [6, 6.07) is 0. The third-order valence-electron chi connectivity index (χ3n) is 2.74. The van der Waals surface area contributed by atoms with Crippen LogP contribution in [0.5, 0.6) is 5.88 Å². The van der Waals surface area contributed by atoms with Crippen LogP contribution in [-0.2, 0) is 4.74 Å². The molecule has 94 valence electrons. The van der Waals surface area contributed by atoms with E-state index in [4.69, 9.17) is 15.2 Å². The molecule has 1 aliphatic rings. The number of hydrogen-bond donors (Lipinski definition) is 1. The Labute approximate surface area is 101 Å². The first kappa shape index (κ1) is 11.9. The molecule has 1 saturated heterocycles. The normalized spacial score (nSPS) is 24.8. The molecular weight excluding hydrogens is 220 g/mol. The van der Waals surface area contributed by atoms with Gasteiger partial charge < -0.3 is 20.1 Å². The fraction of sp³-hybridized carbons (Fsp3) is 0.636. The first-order valence-corrected chi connectivity index (χ1v) is 5.66. The third-order valence-corrected chi connectivity index (χ3v) is 2.74. The Balaban J connectivity index is 2.27. The molecule has 0 unspecified atom stereocenters. The van der Waals surface area contributed by atoms with Gasteiger partial charge in [-0.25, -0.2) is 4.98 Å². The predicted octanol–water partition coefficient (Wildman–Crippen LogP) is 0.681. The molecule has 0 bridgehead atoms. The van der Waals surface area contributed by atoms with Crippen LogP contribution in [0.25, 0.3) is 0 Å². The number of ether oxygens (including phenoxy) is 2. The second-order valence-corrected chi connectivity index (χ2v) is 4.28. The molecule has 0 aromatic carbocycles. The zero-order chi connectivity index (χ0) is 12.4. The molecule has 0 aliphatic carbocycles. The van der Waals surface area contributed by atoms with Crippen molar-refractivity contribution in [2.24, 2.45) is 0 Å². The average Bonchev–Trinajstić information content (AvgIpc) is 2.28. The lowest BCUT2D eigenvalue weighted by Crippen LogP contribution is -2.46. The van der Waals surface area contributed by atoms with Crippen LogP contribution in [-0.4, -0.2) is 42.4 Å². The van der Waals surface area contributed by atoms with Gasteiger partial charge >= 0.3 is 0 Å². The van der Waals surface area contributed by atoms with Crippen molar-refractivity contribution >= 4 is 11.5 Å². The van der Waals surface area contributed by atoms with Crippen molar-refractivity contribution in [1.29, 1.82) is 0 Å². The number of hydrogen-bond acceptors (Lipinski definition) is 6. The summed E-state index contributed by atoms with van der Waals surface area (Å²) in [7, 11) is 1.55. The van der Waals surface area contributed by atoms with Crippen molar-refractivity contribution < 1.29 is 9.47 Å². The molecule has 1 aliphatic heterocycles. The third kappa shape index (κ3) is 2.41. The van der Waals surface area contributed by atoms with Gasteiger partial charge in [-0.2, -0.15) is 4.98 Å². The van der Waals surface area contributed by atoms with Gasteiger partial charge in [0.05, 0.1) is 19.3 Å². The predicted molar refractivity (Wildman–Crippen MR) is 65.2 cm³/mol. The van der Waals surface area contributed by atoms with E-state index in [9.17, 15) is 0 Å². The van der Waals surface area contributed by atoms with Crippen molar-refractivity contribution in [3.63, 3.8) is 0 Å². The molecule has 0 spiro atoms. The molecule has 0 radical (unpaired) electrons. The van der Waals surface area contributed by atoms with Crippen molar-refractivity contribution in [3.8, 4) is 5.88 Å². The Hall–Kier alpha value is -1.56. The molecular formula is C11H18N4O2. The first-order valence-electron chi connectivity index (χ1n) is 5.66. The van der Waals surface area contributed by atoms with Crippen molar-refractivity contribution in [2.45, 2.75) is 26.1 Å². The van der Waals surface area contributed by atoms with Crippen molar-refractivity contribution in [3.05, 3.63) is 6.33 Å². The van der Waals surface area contributed by atoms with Gasteiger partial charge in [-0.3, -0.25) is 0 Å². The molecule has 1 fully saturated rings. The van der Waals surface area contributed by atoms with Crippen LogP contribution in [0.15, 0.2) is 6.33 Å². The second-order valence-electron chi connectivity index (χ2n) is 4.28. The van der Waals surface area contributed by atoms with Gasteiger partial charge in [0, 0.05) is 13.1 Å². The maximum Gasteiger partial charge on any atom is 0.242 e. The maximum absolute atomic E-state index is 5.98. The lowest BCUT2D eigenvalue weighted by molar-refractivity contribution is -0.00542. The average molecular weight is 238 g/mol. The highest BCUT2D eigenvalue weighted by atomic mass is 16.5. The number of nitrogen functional groups attached to an aromatic ring is 1. The number of aromatic nitrogens is 2. The lowest BCUT2D eigenvalue weighted by atomic mass is 10.2. The minimum Gasteiger partial charge on any atom is -0.479 e. The molecule has 6 nitrogen and oxygen atoms in total. The number of rotatable bonds is 2. The SMILES string of the molecule is COc1ncnc(N2C[C@@H](C)O[C@@H](C)C2)c1N. The van der Waals surface area contributed by atoms with E-state index in [1.807, 2.05) is 13.8 Å². The summed E-state index contributed by atoms with van der Waals surface area (Å²) in [6.45, 7) is 5.62. The summed E-state index contributed by atoms with van der Waals surface area (Å²) in [5, 5.41) is 0. The Morgan fingerprint density at radius 1 is 1.35 bits per heavy atom. The quantitative estimate of drug-likeness (QED) is 0.816. The Morgan fingerprint density at radius 2 is 2.00 bits per heavy atom. The number of nitrogens with zero attached hydrogens (tertiary/aromatic N) is 3. The summed E-state index contributed by atoms with van der Waals surface area (Å²) in [5.41, 5.74) is 6.47. The molecule has 2 heterocycles. The molecule has 2 atom stereocenters. The summed E-state index contributed by atoms with van der Waals surface area (Å²) in [6.07, 6.45) is 1.80.